The number of nitrogens with one attached hydrogen (secondary N) is 3. The highest BCUT2D eigenvalue weighted by Crippen LogP contribution is 2.29. The topological polar surface area (TPSA) is 112 Å². The minimum absolute atomic E-state index is 0.129. The maximum absolute atomic E-state index is 12.3. The number of nitrogens with zero attached hydrogens (tertiary/aromatic N) is 1. The summed E-state index contributed by atoms with van der Waals surface area (Å²) >= 11 is 0. The molecular weight excluding hydrogens is 360 g/mol. The predicted octanol–water partition coefficient (Wildman–Crippen LogP) is 3.12. The lowest BCUT2D eigenvalue weighted by Crippen LogP contribution is -2.14. The van der Waals surface area contributed by atoms with E-state index in [2.05, 4.69) is 16.0 Å². The van der Waals surface area contributed by atoms with Crippen LogP contribution in [0.5, 0.6) is 11.5 Å². The van der Waals surface area contributed by atoms with E-state index in [4.69, 9.17) is 9.47 Å². The van der Waals surface area contributed by atoms with Gasteiger partial charge < -0.3 is 25.4 Å². The first-order valence-corrected chi connectivity index (χ1v) is 8.24. The van der Waals surface area contributed by atoms with Gasteiger partial charge >= 0.3 is 0 Å². The molecule has 0 aromatic heterocycles. The van der Waals surface area contributed by atoms with Crippen molar-refractivity contribution >= 4 is 28.9 Å². The molecule has 2 aromatic carbocycles. The Bertz CT molecular complexity index is 930. The second-order valence-corrected chi connectivity index (χ2v) is 5.59. The lowest BCUT2D eigenvalue weighted by molar-refractivity contribution is -0.114. The number of carbonyl (C=O) groups is 2. The maximum atomic E-state index is 12.3. The monoisotopic (exact) mass is 380 g/mol. The van der Waals surface area contributed by atoms with E-state index in [1.54, 1.807) is 42.5 Å². The van der Waals surface area contributed by atoms with Crippen LogP contribution < -0.4 is 25.4 Å². The fourth-order valence-electron chi connectivity index (χ4n) is 2.26. The number of methoxy groups -OCH3 is 2. The van der Waals surface area contributed by atoms with Crippen molar-refractivity contribution in [3.63, 3.8) is 0 Å². The average molecular weight is 380 g/mol. The highest BCUT2D eigenvalue weighted by molar-refractivity contribution is 6.06. The van der Waals surface area contributed by atoms with Gasteiger partial charge in [0, 0.05) is 30.6 Å². The van der Waals surface area contributed by atoms with Crippen LogP contribution in [0.1, 0.15) is 6.92 Å². The molecule has 0 aliphatic rings. The Morgan fingerprint density at radius 3 is 2.18 bits per heavy atom. The molecule has 0 spiro atoms. The molecule has 8 heteroatoms. The van der Waals surface area contributed by atoms with Crippen LogP contribution in [-0.4, -0.2) is 26.0 Å². The van der Waals surface area contributed by atoms with Crippen LogP contribution in [0.25, 0.3) is 0 Å². The summed E-state index contributed by atoms with van der Waals surface area (Å²) in [7, 11) is 3.05. The third-order valence-corrected chi connectivity index (χ3v) is 3.61. The molecule has 2 aromatic rings. The maximum Gasteiger partial charge on any atom is 0.267 e. The third-order valence-electron chi connectivity index (χ3n) is 3.61. The second kappa shape index (κ2) is 9.64. The van der Waals surface area contributed by atoms with Crippen LogP contribution in [-0.2, 0) is 9.59 Å². The first kappa shape index (κ1) is 20.3. The van der Waals surface area contributed by atoms with Gasteiger partial charge in [-0.2, -0.15) is 5.26 Å². The molecule has 28 heavy (non-hydrogen) atoms. The molecule has 0 radical (unpaired) electrons. The highest BCUT2D eigenvalue weighted by Gasteiger charge is 2.11. The Labute approximate surface area is 162 Å². The number of nitriles is 1. The summed E-state index contributed by atoms with van der Waals surface area (Å²) in [4.78, 5) is 23.4. The molecule has 144 valence electrons. The van der Waals surface area contributed by atoms with E-state index in [-0.39, 0.29) is 11.5 Å². The zero-order chi connectivity index (χ0) is 20.5. The smallest absolute Gasteiger partial charge is 0.267 e. The van der Waals surface area contributed by atoms with E-state index in [0.717, 1.165) is 0 Å². The van der Waals surface area contributed by atoms with Crippen molar-refractivity contribution in [1.82, 2.24) is 0 Å². The van der Waals surface area contributed by atoms with Crippen LogP contribution in [0, 0.1) is 11.3 Å². The zero-order valence-electron chi connectivity index (χ0n) is 15.7. The van der Waals surface area contributed by atoms with Crippen LogP contribution in [0.15, 0.2) is 54.2 Å². The zero-order valence-corrected chi connectivity index (χ0v) is 15.7. The van der Waals surface area contributed by atoms with Crippen LogP contribution in [0.2, 0.25) is 0 Å². The lowest BCUT2D eigenvalue weighted by atomic mass is 10.2. The molecule has 0 unspecified atom stereocenters. The minimum atomic E-state index is -0.579. The van der Waals surface area contributed by atoms with Crippen molar-refractivity contribution in [1.29, 1.82) is 5.26 Å². The molecular formula is C20H20N4O4. The lowest BCUT2D eigenvalue weighted by Gasteiger charge is -2.11. The number of benzene rings is 2. The van der Waals surface area contributed by atoms with Crippen molar-refractivity contribution in [2.24, 2.45) is 0 Å². The standard InChI is InChI=1S/C20H20N4O4/c1-13(25)23-15-4-6-16(7-5-15)24-20(26)14(11-21)12-22-18-10-17(27-2)8-9-19(18)28-3/h4-10,12,22H,1-3H3,(H,23,25)(H,24,26)/b14-12-. The molecule has 0 heterocycles. The number of hydrogen-bond acceptors (Lipinski definition) is 6. The summed E-state index contributed by atoms with van der Waals surface area (Å²) in [6.45, 7) is 1.41. The summed E-state index contributed by atoms with van der Waals surface area (Å²) in [5, 5.41) is 17.4. The van der Waals surface area contributed by atoms with Crippen molar-refractivity contribution < 1.29 is 19.1 Å². The number of amides is 2. The Morgan fingerprint density at radius 1 is 1.00 bits per heavy atom. The average Bonchev–Trinajstić information content (AvgIpc) is 2.69. The fourth-order valence-corrected chi connectivity index (χ4v) is 2.26. The van der Waals surface area contributed by atoms with E-state index in [1.807, 2.05) is 6.07 Å². The van der Waals surface area contributed by atoms with Crippen LogP contribution in [0.4, 0.5) is 17.1 Å². The fraction of sp³-hybridized carbons (Fsp3) is 0.150. The molecule has 3 N–H and O–H groups in total. The van der Waals surface area contributed by atoms with Gasteiger partial charge in [-0.15, -0.1) is 0 Å². The van der Waals surface area contributed by atoms with Gasteiger partial charge in [0.15, 0.2) is 0 Å². The largest absolute Gasteiger partial charge is 0.497 e. The summed E-state index contributed by atoms with van der Waals surface area (Å²) in [6, 6.07) is 13.5. The van der Waals surface area contributed by atoms with Gasteiger partial charge in [-0.25, -0.2) is 0 Å². The number of ether oxygens (including phenoxy) is 2. The van der Waals surface area contributed by atoms with E-state index in [1.165, 1.54) is 27.3 Å². The van der Waals surface area contributed by atoms with Gasteiger partial charge in [-0.1, -0.05) is 0 Å². The van der Waals surface area contributed by atoms with E-state index < -0.39 is 5.91 Å². The van der Waals surface area contributed by atoms with Crippen molar-refractivity contribution in [3.05, 3.63) is 54.2 Å². The molecule has 0 aliphatic heterocycles. The Hall–Kier alpha value is -3.99. The van der Waals surface area contributed by atoms with Gasteiger partial charge in [0.25, 0.3) is 5.91 Å². The Kier molecular flexibility index (Phi) is 6.99. The van der Waals surface area contributed by atoms with Crippen molar-refractivity contribution in [3.8, 4) is 17.6 Å². The first-order chi connectivity index (χ1) is 13.5. The van der Waals surface area contributed by atoms with E-state index in [9.17, 15) is 14.9 Å². The van der Waals surface area contributed by atoms with Crippen molar-refractivity contribution in [2.75, 3.05) is 30.2 Å². The number of carbonyl (C=O) groups excluding carboxylic acids is 2. The molecule has 0 saturated carbocycles. The SMILES string of the molecule is COc1ccc(OC)c(N/C=C(/C#N)C(=O)Nc2ccc(NC(C)=O)cc2)c1. The van der Waals surface area contributed by atoms with E-state index in [0.29, 0.717) is 28.6 Å². The molecule has 0 fully saturated rings. The van der Waals surface area contributed by atoms with Gasteiger partial charge in [-0.3, -0.25) is 9.59 Å². The first-order valence-electron chi connectivity index (χ1n) is 8.24. The summed E-state index contributed by atoms with van der Waals surface area (Å²) < 4.78 is 10.4. The van der Waals surface area contributed by atoms with Crippen LogP contribution in [0.3, 0.4) is 0 Å². The molecule has 0 atom stereocenters. The van der Waals surface area contributed by atoms with Gasteiger partial charge in [-0.05, 0) is 36.4 Å². The molecule has 2 amide bonds. The molecule has 0 bridgehead atoms. The summed E-state index contributed by atoms with van der Waals surface area (Å²) in [5.74, 6) is 0.358. The molecule has 0 saturated heterocycles. The Morgan fingerprint density at radius 2 is 1.64 bits per heavy atom. The predicted molar refractivity (Wildman–Crippen MR) is 106 cm³/mol. The number of rotatable bonds is 7. The van der Waals surface area contributed by atoms with Crippen molar-refractivity contribution in [2.45, 2.75) is 6.92 Å². The van der Waals surface area contributed by atoms with E-state index >= 15 is 0 Å². The number of hydrogen-bond donors (Lipinski definition) is 3. The number of anilines is 3. The Balaban J connectivity index is 2.11. The molecule has 8 nitrogen and oxygen atoms in total. The minimum Gasteiger partial charge on any atom is -0.497 e. The van der Waals surface area contributed by atoms with Gasteiger partial charge in [0.2, 0.25) is 5.91 Å². The summed E-state index contributed by atoms with van der Waals surface area (Å²) in [5.41, 5.74) is 1.51. The van der Waals surface area contributed by atoms with Crippen LogP contribution >= 0.6 is 0 Å². The summed E-state index contributed by atoms with van der Waals surface area (Å²) in [6.07, 6.45) is 1.29. The highest BCUT2D eigenvalue weighted by atomic mass is 16.5. The normalized spacial score (nSPS) is 10.4. The second-order valence-electron chi connectivity index (χ2n) is 5.59. The van der Waals surface area contributed by atoms with Gasteiger partial charge in [0.05, 0.1) is 19.9 Å². The molecule has 2 rings (SSSR count). The molecule has 0 aliphatic carbocycles. The van der Waals surface area contributed by atoms with Gasteiger partial charge in [0.1, 0.15) is 23.1 Å². The quantitative estimate of drug-likeness (QED) is 0.502. The third kappa shape index (κ3) is 5.51.